The van der Waals surface area contributed by atoms with Crippen molar-refractivity contribution in [1.29, 1.82) is 0 Å². The summed E-state index contributed by atoms with van der Waals surface area (Å²) in [5, 5.41) is 3.93. The number of hydrogen-bond acceptors (Lipinski definition) is 8. The molecule has 4 heterocycles. The second-order valence-corrected chi connectivity index (χ2v) is 7.81. The number of pyridine rings is 1. The van der Waals surface area contributed by atoms with Gasteiger partial charge in [-0.15, -0.1) is 0 Å². The zero-order valence-corrected chi connectivity index (χ0v) is 18.3. The smallest absolute Gasteiger partial charge is 0.363 e. The molecular weight excluding hydrogens is 419 g/mol. The highest BCUT2D eigenvalue weighted by Crippen LogP contribution is 2.27. The van der Waals surface area contributed by atoms with E-state index in [2.05, 4.69) is 30.0 Å². The fourth-order valence-electron chi connectivity index (χ4n) is 3.98. The molecule has 3 aromatic heterocycles. The van der Waals surface area contributed by atoms with Gasteiger partial charge in [0.05, 0.1) is 23.8 Å². The van der Waals surface area contributed by atoms with Crippen LogP contribution in [0.2, 0.25) is 0 Å². The number of rotatable bonds is 6. The lowest BCUT2D eigenvalue weighted by Crippen LogP contribution is -2.48. The highest BCUT2D eigenvalue weighted by atomic mass is 16.4. The first-order valence-corrected chi connectivity index (χ1v) is 10.7. The number of benzene rings is 1. The van der Waals surface area contributed by atoms with Crippen LogP contribution in [0, 0.1) is 0 Å². The average molecular weight is 442 g/mol. The van der Waals surface area contributed by atoms with Gasteiger partial charge in [-0.05, 0) is 36.4 Å². The number of nitrogens with zero attached hydrogens (tertiary/aromatic N) is 5. The van der Waals surface area contributed by atoms with Crippen molar-refractivity contribution < 1.29 is 13.9 Å². The molecule has 166 valence electrons. The maximum atomic E-state index is 13.1. The molecule has 1 aromatic carbocycles. The first-order valence-electron chi connectivity index (χ1n) is 10.7. The largest absolute Gasteiger partial charge is 0.464 e. The monoisotopic (exact) mass is 442 g/mol. The Labute approximate surface area is 191 Å². The number of aromatic nitrogens is 3. The number of furan rings is 1. The molecule has 9 nitrogen and oxygen atoms in total. The maximum absolute atomic E-state index is 13.1. The fourth-order valence-corrected chi connectivity index (χ4v) is 3.98. The van der Waals surface area contributed by atoms with Crippen LogP contribution in [0.25, 0.3) is 22.4 Å². The number of piperazine rings is 1. The molecule has 10 heteroatoms. The molecule has 0 aliphatic carbocycles. The Kier molecular flexibility index (Phi) is 6.01. The van der Waals surface area contributed by atoms with Crippen LogP contribution in [-0.2, 0) is 4.65 Å². The summed E-state index contributed by atoms with van der Waals surface area (Å²) in [4.78, 5) is 30.6. The maximum Gasteiger partial charge on any atom is 0.363 e. The number of carbonyl (C=O) groups excluding carboxylic acids is 1. The van der Waals surface area contributed by atoms with Crippen LogP contribution in [0.15, 0.2) is 65.7 Å². The molecule has 1 aliphatic heterocycles. The molecule has 0 radical (unpaired) electrons. The molecule has 0 atom stereocenters. The van der Waals surface area contributed by atoms with Crippen molar-refractivity contribution in [3.8, 4) is 11.4 Å². The number of anilines is 2. The van der Waals surface area contributed by atoms with Gasteiger partial charge >= 0.3 is 7.62 Å². The zero-order chi connectivity index (χ0) is 22.6. The minimum absolute atomic E-state index is 0.284. The molecule has 4 aromatic rings. The molecule has 1 saturated heterocycles. The summed E-state index contributed by atoms with van der Waals surface area (Å²) >= 11 is 0. The molecule has 33 heavy (non-hydrogen) atoms. The average Bonchev–Trinajstić information content (AvgIpc) is 3.33. The second-order valence-electron chi connectivity index (χ2n) is 7.81. The number of carbonyl (C=O) groups is 1. The summed E-state index contributed by atoms with van der Waals surface area (Å²) in [6, 6.07) is 11.1. The van der Waals surface area contributed by atoms with E-state index in [9.17, 15) is 4.79 Å². The quantitative estimate of drug-likeness (QED) is 0.456. The van der Waals surface area contributed by atoms with Gasteiger partial charge in [0.2, 0.25) is 0 Å². The van der Waals surface area contributed by atoms with Crippen LogP contribution in [-0.4, -0.2) is 66.6 Å². The molecule has 1 amide bonds. The lowest BCUT2D eigenvalue weighted by atomic mass is 10.1. The van der Waals surface area contributed by atoms with Gasteiger partial charge in [0.25, 0.3) is 5.91 Å². The molecular formula is C23H23BN6O3. The third kappa shape index (κ3) is 4.57. The Morgan fingerprint density at radius 1 is 1.12 bits per heavy atom. The van der Waals surface area contributed by atoms with Gasteiger partial charge in [-0.25, -0.2) is 9.97 Å². The molecule has 5 rings (SSSR count). The summed E-state index contributed by atoms with van der Waals surface area (Å²) in [6.45, 7) is 3.45. The molecule has 1 aliphatic rings. The fraction of sp³-hybridized carbons (Fsp3) is 0.217. The van der Waals surface area contributed by atoms with Gasteiger partial charge < -0.3 is 24.1 Å². The lowest BCUT2D eigenvalue weighted by molar-refractivity contribution is 0.102. The van der Waals surface area contributed by atoms with E-state index in [-0.39, 0.29) is 11.6 Å². The van der Waals surface area contributed by atoms with E-state index in [1.54, 1.807) is 38.0 Å². The Bertz CT molecular complexity index is 1270. The van der Waals surface area contributed by atoms with E-state index in [1.165, 1.54) is 0 Å². The van der Waals surface area contributed by atoms with E-state index in [4.69, 9.17) is 9.07 Å². The van der Waals surface area contributed by atoms with Gasteiger partial charge in [0, 0.05) is 56.6 Å². The van der Waals surface area contributed by atoms with Gasteiger partial charge in [0.1, 0.15) is 11.3 Å². The summed E-state index contributed by atoms with van der Waals surface area (Å²) in [7, 11) is 2.33. The normalized spacial score (nSPS) is 14.4. The van der Waals surface area contributed by atoms with Crippen LogP contribution in [0.4, 0.5) is 11.4 Å². The minimum Gasteiger partial charge on any atom is -0.464 e. The van der Waals surface area contributed by atoms with Crippen molar-refractivity contribution in [3.63, 3.8) is 0 Å². The van der Waals surface area contributed by atoms with Crippen LogP contribution in [0.5, 0.6) is 0 Å². The third-order valence-electron chi connectivity index (χ3n) is 5.67. The van der Waals surface area contributed by atoms with Crippen LogP contribution in [0.1, 0.15) is 10.5 Å². The third-order valence-corrected chi connectivity index (χ3v) is 5.67. The summed E-state index contributed by atoms with van der Waals surface area (Å²) < 4.78 is 10.6. The van der Waals surface area contributed by atoms with Crippen molar-refractivity contribution in [2.24, 2.45) is 0 Å². The van der Waals surface area contributed by atoms with Gasteiger partial charge in [-0.1, -0.05) is 0 Å². The van der Waals surface area contributed by atoms with Gasteiger partial charge in [-0.3, -0.25) is 9.78 Å². The van der Waals surface area contributed by atoms with E-state index in [0.717, 1.165) is 48.4 Å². The lowest BCUT2D eigenvalue weighted by Gasteiger charge is -2.36. The molecule has 0 spiro atoms. The number of hydrogen-bond donors (Lipinski definition) is 1. The predicted molar refractivity (Wildman–Crippen MR) is 127 cm³/mol. The Morgan fingerprint density at radius 2 is 2.00 bits per heavy atom. The Hall–Kier alpha value is -3.76. The summed E-state index contributed by atoms with van der Waals surface area (Å²) in [6.07, 6.45) is 6.64. The Balaban J connectivity index is 1.34. The second kappa shape index (κ2) is 9.39. The van der Waals surface area contributed by atoms with Crippen molar-refractivity contribution in [1.82, 2.24) is 19.8 Å². The molecule has 1 N–H and O–H groups in total. The van der Waals surface area contributed by atoms with Crippen molar-refractivity contribution in [2.75, 3.05) is 43.5 Å². The standard InChI is InChI=1S/C23H23BN6O3/c1-32-24-30-11-9-29(10-12-30)20-5-7-25-15-19(20)28-23(31)18-4-8-26-22(27-18)17-2-3-21-16(14-17)6-13-33-21/h2-8,13-15,24H,9-12H2,1H3,(H,28,31). The molecule has 0 saturated carbocycles. The topological polar surface area (TPSA) is 96.6 Å². The highest BCUT2D eigenvalue weighted by Gasteiger charge is 2.21. The van der Waals surface area contributed by atoms with E-state index in [0.29, 0.717) is 19.1 Å². The van der Waals surface area contributed by atoms with Crippen LogP contribution >= 0.6 is 0 Å². The summed E-state index contributed by atoms with van der Waals surface area (Å²) in [5.74, 6) is 0.168. The van der Waals surface area contributed by atoms with Gasteiger partial charge in [0.15, 0.2) is 5.82 Å². The number of fused-ring (bicyclic) bond motifs is 1. The van der Waals surface area contributed by atoms with Crippen LogP contribution in [0.3, 0.4) is 0 Å². The zero-order valence-electron chi connectivity index (χ0n) is 18.3. The van der Waals surface area contributed by atoms with Crippen molar-refractivity contribution in [2.45, 2.75) is 0 Å². The molecule has 0 unspecified atom stereocenters. The minimum atomic E-state index is -0.310. The van der Waals surface area contributed by atoms with Gasteiger partial charge in [-0.2, -0.15) is 0 Å². The van der Waals surface area contributed by atoms with Crippen molar-refractivity contribution >= 4 is 35.9 Å². The van der Waals surface area contributed by atoms with Crippen molar-refractivity contribution in [3.05, 3.63) is 66.9 Å². The predicted octanol–water partition coefficient (Wildman–Crippen LogP) is 2.57. The van der Waals surface area contributed by atoms with E-state index < -0.39 is 0 Å². The summed E-state index contributed by atoms with van der Waals surface area (Å²) in [5.41, 5.74) is 3.49. The molecule has 0 bridgehead atoms. The van der Waals surface area contributed by atoms with Crippen LogP contribution < -0.4 is 10.2 Å². The first kappa shape index (κ1) is 21.1. The SMILES string of the molecule is COBN1CCN(c2ccncc2NC(=O)c2ccnc(-c3ccc4occc4c3)n2)CC1. The highest BCUT2D eigenvalue weighted by molar-refractivity contribution is 6.23. The Morgan fingerprint density at radius 3 is 2.85 bits per heavy atom. The van der Waals surface area contributed by atoms with E-state index >= 15 is 0 Å². The molecule has 1 fully saturated rings. The first-order chi connectivity index (χ1) is 16.2. The number of amides is 1. The number of nitrogens with one attached hydrogen (secondary N) is 1. The van der Waals surface area contributed by atoms with E-state index in [1.807, 2.05) is 30.3 Å².